The molecule has 3 rings (SSSR count). The molecule has 28 heavy (non-hydrogen) atoms. The van der Waals surface area contributed by atoms with Crippen LogP contribution in [0.25, 0.3) is 6.08 Å². The fourth-order valence-electron chi connectivity index (χ4n) is 3.26. The highest BCUT2D eigenvalue weighted by Gasteiger charge is 2.24. The van der Waals surface area contributed by atoms with Crippen molar-refractivity contribution in [2.75, 3.05) is 19.6 Å². The van der Waals surface area contributed by atoms with E-state index in [-0.39, 0.29) is 16.7 Å². The number of hydrogen-bond acceptors (Lipinski definition) is 4. The summed E-state index contributed by atoms with van der Waals surface area (Å²) in [5, 5.41) is 0. The lowest BCUT2D eigenvalue weighted by molar-refractivity contribution is -0.127. The molecular weight excluding hydrogens is 376 g/mol. The highest BCUT2D eigenvalue weighted by atomic mass is 32.2. The molecule has 1 atom stereocenters. The first kappa shape index (κ1) is 20.4. The van der Waals surface area contributed by atoms with Gasteiger partial charge in [-0.25, -0.2) is 13.1 Å². The first-order valence-corrected chi connectivity index (χ1v) is 10.9. The van der Waals surface area contributed by atoms with E-state index in [1.807, 2.05) is 26.0 Å². The smallest absolute Gasteiger partial charge is 0.246 e. The average Bonchev–Trinajstić information content (AvgIpc) is 3.10. The van der Waals surface area contributed by atoms with Gasteiger partial charge < -0.3 is 9.32 Å². The third kappa shape index (κ3) is 5.33. The van der Waals surface area contributed by atoms with Crippen LogP contribution in [0.5, 0.6) is 0 Å². The molecule has 2 heterocycles. The molecule has 1 aromatic carbocycles. The molecule has 1 N–H and O–H groups in total. The number of likely N-dealkylation sites (tertiary alicyclic amines) is 1. The van der Waals surface area contributed by atoms with Crippen molar-refractivity contribution in [1.82, 2.24) is 9.62 Å². The number of rotatable bonds is 6. The van der Waals surface area contributed by atoms with Gasteiger partial charge in [-0.15, -0.1) is 0 Å². The lowest BCUT2D eigenvalue weighted by Crippen LogP contribution is -2.43. The zero-order chi connectivity index (χ0) is 20.1. The quantitative estimate of drug-likeness (QED) is 0.753. The van der Waals surface area contributed by atoms with Gasteiger partial charge in [0.1, 0.15) is 11.5 Å². The van der Waals surface area contributed by atoms with Gasteiger partial charge >= 0.3 is 0 Å². The van der Waals surface area contributed by atoms with E-state index in [0.717, 1.165) is 24.2 Å². The molecule has 1 saturated heterocycles. The van der Waals surface area contributed by atoms with E-state index >= 15 is 0 Å². The summed E-state index contributed by atoms with van der Waals surface area (Å²) in [5.41, 5.74) is 1.01. The summed E-state index contributed by atoms with van der Waals surface area (Å²) in [6.07, 6.45) is 4.92. The number of carbonyl (C=O) groups excluding carboxylic acids is 1. The minimum absolute atomic E-state index is 0.0832. The third-order valence-electron chi connectivity index (χ3n) is 4.88. The second-order valence-electron chi connectivity index (χ2n) is 7.24. The Bertz CT molecular complexity index is 945. The summed E-state index contributed by atoms with van der Waals surface area (Å²) in [7, 11) is -3.54. The summed E-state index contributed by atoms with van der Waals surface area (Å²) < 4.78 is 33.0. The largest absolute Gasteiger partial charge is 0.462 e. The molecule has 1 unspecified atom stereocenters. The average molecular weight is 403 g/mol. The van der Waals surface area contributed by atoms with Gasteiger partial charge in [0, 0.05) is 25.7 Å². The van der Waals surface area contributed by atoms with Crippen LogP contribution >= 0.6 is 0 Å². The Balaban J connectivity index is 1.55. The van der Waals surface area contributed by atoms with E-state index in [4.69, 9.17) is 4.42 Å². The van der Waals surface area contributed by atoms with E-state index in [0.29, 0.717) is 25.4 Å². The first-order valence-electron chi connectivity index (χ1n) is 9.43. The third-order valence-corrected chi connectivity index (χ3v) is 6.31. The van der Waals surface area contributed by atoms with Gasteiger partial charge in [-0.1, -0.05) is 17.7 Å². The Morgan fingerprint density at radius 3 is 2.64 bits per heavy atom. The zero-order valence-corrected chi connectivity index (χ0v) is 17.0. The molecular formula is C21H26N2O4S. The topological polar surface area (TPSA) is 79.6 Å². The van der Waals surface area contributed by atoms with Gasteiger partial charge in [0.25, 0.3) is 0 Å². The summed E-state index contributed by atoms with van der Waals surface area (Å²) in [5.74, 6) is 1.45. The number of aryl methyl sites for hydroxylation is 2. The second-order valence-corrected chi connectivity index (χ2v) is 9.01. The zero-order valence-electron chi connectivity index (χ0n) is 16.2. The molecule has 1 aliphatic heterocycles. The maximum absolute atomic E-state index is 12.4. The summed E-state index contributed by atoms with van der Waals surface area (Å²) >= 11 is 0. The summed E-state index contributed by atoms with van der Waals surface area (Å²) in [6, 6.07) is 10.4. The molecule has 0 spiro atoms. The van der Waals surface area contributed by atoms with Crippen molar-refractivity contribution in [2.24, 2.45) is 5.92 Å². The van der Waals surface area contributed by atoms with Gasteiger partial charge in [0.15, 0.2) is 0 Å². The first-order chi connectivity index (χ1) is 13.3. The normalized spacial score (nSPS) is 17.9. The standard InChI is InChI=1S/C21H26N2O4S/c1-16-5-10-20(11-6-16)28(25,26)22-14-18-4-3-13-23(15-18)21(24)12-9-19-8-7-17(2)27-19/h5-12,18,22H,3-4,13-15H2,1-2H3/b12-9+. The molecule has 1 amide bonds. The number of piperidine rings is 1. The van der Waals surface area contributed by atoms with Gasteiger partial charge in [-0.3, -0.25) is 4.79 Å². The SMILES string of the molecule is Cc1ccc(S(=O)(=O)NCC2CCCN(C(=O)/C=C/c3ccc(C)o3)C2)cc1. The van der Waals surface area contributed by atoms with Crippen molar-refractivity contribution in [3.05, 3.63) is 59.6 Å². The molecule has 0 bridgehead atoms. The molecule has 0 aliphatic carbocycles. The number of sulfonamides is 1. The van der Waals surface area contributed by atoms with Crippen LogP contribution in [-0.2, 0) is 14.8 Å². The Kier molecular flexibility index (Phi) is 6.36. The molecule has 150 valence electrons. The van der Waals surface area contributed by atoms with Gasteiger partial charge in [-0.05, 0) is 62.9 Å². The number of carbonyl (C=O) groups is 1. The molecule has 2 aromatic rings. The Labute approximate surface area is 166 Å². The van der Waals surface area contributed by atoms with Gasteiger partial charge in [0.05, 0.1) is 4.90 Å². The minimum Gasteiger partial charge on any atom is -0.462 e. The van der Waals surface area contributed by atoms with Crippen LogP contribution < -0.4 is 4.72 Å². The van der Waals surface area contributed by atoms with E-state index in [1.54, 1.807) is 35.2 Å². The number of benzene rings is 1. The Morgan fingerprint density at radius 1 is 1.21 bits per heavy atom. The van der Waals surface area contributed by atoms with E-state index in [9.17, 15) is 13.2 Å². The minimum atomic E-state index is -3.54. The molecule has 0 saturated carbocycles. The van der Waals surface area contributed by atoms with Crippen molar-refractivity contribution in [2.45, 2.75) is 31.6 Å². The highest BCUT2D eigenvalue weighted by molar-refractivity contribution is 7.89. The fraction of sp³-hybridized carbons (Fsp3) is 0.381. The molecule has 1 aromatic heterocycles. The Hall–Kier alpha value is -2.38. The predicted octanol–water partition coefficient (Wildman–Crippen LogP) is 3.13. The van der Waals surface area contributed by atoms with Crippen LogP contribution in [0.4, 0.5) is 0 Å². The van der Waals surface area contributed by atoms with Crippen molar-refractivity contribution < 1.29 is 17.6 Å². The molecule has 7 heteroatoms. The van der Waals surface area contributed by atoms with Crippen molar-refractivity contribution in [3.63, 3.8) is 0 Å². The van der Waals surface area contributed by atoms with E-state index < -0.39 is 10.0 Å². The molecule has 6 nitrogen and oxygen atoms in total. The lowest BCUT2D eigenvalue weighted by atomic mass is 9.98. The van der Waals surface area contributed by atoms with Crippen molar-refractivity contribution >= 4 is 22.0 Å². The van der Waals surface area contributed by atoms with Crippen LogP contribution in [0.15, 0.2) is 51.8 Å². The lowest BCUT2D eigenvalue weighted by Gasteiger charge is -2.32. The van der Waals surface area contributed by atoms with Gasteiger partial charge in [-0.2, -0.15) is 0 Å². The van der Waals surface area contributed by atoms with E-state index in [2.05, 4.69) is 4.72 Å². The number of nitrogens with one attached hydrogen (secondary N) is 1. The predicted molar refractivity (Wildman–Crippen MR) is 108 cm³/mol. The molecule has 1 fully saturated rings. The second kappa shape index (κ2) is 8.75. The number of nitrogens with zero attached hydrogens (tertiary/aromatic N) is 1. The number of furan rings is 1. The van der Waals surface area contributed by atoms with Crippen LogP contribution in [0.2, 0.25) is 0 Å². The summed E-state index contributed by atoms with van der Waals surface area (Å²) in [4.78, 5) is 14.5. The number of hydrogen-bond donors (Lipinski definition) is 1. The molecule has 1 aliphatic rings. The highest BCUT2D eigenvalue weighted by Crippen LogP contribution is 2.18. The Morgan fingerprint density at radius 2 is 1.96 bits per heavy atom. The maximum atomic E-state index is 12.4. The van der Waals surface area contributed by atoms with Crippen LogP contribution in [0.1, 0.15) is 29.9 Å². The van der Waals surface area contributed by atoms with Crippen molar-refractivity contribution in [3.8, 4) is 0 Å². The maximum Gasteiger partial charge on any atom is 0.246 e. The van der Waals surface area contributed by atoms with Crippen LogP contribution in [0.3, 0.4) is 0 Å². The number of amides is 1. The monoisotopic (exact) mass is 402 g/mol. The van der Waals surface area contributed by atoms with Gasteiger partial charge in [0.2, 0.25) is 15.9 Å². The van der Waals surface area contributed by atoms with Crippen molar-refractivity contribution in [1.29, 1.82) is 0 Å². The summed E-state index contributed by atoms with van der Waals surface area (Å²) in [6.45, 7) is 5.31. The van der Waals surface area contributed by atoms with Crippen LogP contribution in [-0.4, -0.2) is 38.9 Å². The van der Waals surface area contributed by atoms with Crippen LogP contribution in [0, 0.1) is 19.8 Å². The molecule has 0 radical (unpaired) electrons. The van der Waals surface area contributed by atoms with E-state index in [1.165, 1.54) is 6.08 Å². The fourth-order valence-corrected chi connectivity index (χ4v) is 4.38.